The number of rotatable bonds is 7. The molecule has 0 spiro atoms. The minimum atomic E-state index is -2.81. The lowest BCUT2D eigenvalue weighted by molar-refractivity contribution is -0.126. The third-order valence-corrected chi connectivity index (χ3v) is 7.01. The van der Waals surface area contributed by atoms with Gasteiger partial charge in [-0.1, -0.05) is 18.2 Å². The second-order valence-electron chi connectivity index (χ2n) is 9.19. The van der Waals surface area contributed by atoms with Crippen LogP contribution in [0.2, 0.25) is 5.02 Å². The van der Waals surface area contributed by atoms with Gasteiger partial charge in [0.05, 0.1) is 30.3 Å². The zero-order chi connectivity index (χ0) is 26.8. The summed E-state index contributed by atoms with van der Waals surface area (Å²) in [5.74, 6) is -0.180. The standard InChI is InChI=1S/C26H26ClF2N5O4/c1-2-21(35)33-10-4-3-5-16(12-33)34-23-18(6-7-20(22(23)27)38-17-13-37-14-17)31-26(34)32-25(36)15-8-9-30-19(11-15)24(28)29/h2,6-9,11,16-17,24H,1,3-5,10,12-14H2,(H,31,32,36)/t16-/m1/s1. The molecule has 1 N–H and O–H groups in total. The van der Waals surface area contributed by atoms with Gasteiger partial charge in [-0.2, -0.15) is 0 Å². The van der Waals surface area contributed by atoms with Crippen LogP contribution in [0.15, 0.2) is 43.1 Å². The molecule has 38 heavy (non-hydrogen) atoms. The summed E-state index contributed by atoms with van der Waals surface area (Å²) in [6, 6.07) is 5.57. The van der Waals surface area contributed by atoms with E-state index in [0.717, 1.165) is 25.1 Å². The van der Waals surface area contributed by atoms with Crippen molar-refractivity contribution in [3.63, 3.8) is 0 Å². The van der Waals surface area contributed by atoms with E-state index < -0.39 is 18.0 Å². The lowest BCUT2D eigenvalue weighted by Crippen LogP contribution is -2.38. The summed E-state index contributed by atoms with van der Waals surface area (Å²) in [7, 11) is 0. The fourth-order valence-electron chi connectivity index (χ4n) is 4.67. The normalized spacial score (nSPS) is 18.2. The van der Waals surface area contributed by atoms with Crippen molar-refractivity contribution in [1.29, 1.82) is 0 Å². The van der Waals surface area contributed by atoms with E-state index in [4.69, 9.17) is 21.1 Å². The van der Waals surface area contributed by atoms with E-state index in [9.17, 15) is 18.4 Å². The lowest BCUT2D eigenvalue weighted by atomic mass is 10.1. The molecule has 2 aliphatic heterocycles. The molecular weight excluding hydrogens is 520 g/mol. The van der Waals surface area contributed by atoms with Crippen LogP contribution in [-0.2, 0) is 9.53 Å². The largest absolute Gasteiger partial charge is 0.484 e. The van der Waals surface area contributed by atoms with Gasteiger partial charge in [-0.05, 0) is 49.6 Å². The summed E-state index contributed by atoms with van der Waals surface area (Å²) in [4.78, 5) is 35.6. The van der Waals surface area contributed by atoms with E-state index in [-0.39, 0.29) is 29.6 Å². The number of amides is 2. The van der Waals surface area contributed by atoms with E-state index in [1.807, 2.05) is 4.57 Å². The maximum atomic E-state index is 13.2. The zero-order valence-corrected chi connectivity index (χ0v) is 21.2. The minimum absolute atomic E-state index is 0.0123. The first-order valence-corrected chi connectivity index (χ1v) is 12.6. The number of benzene rings is 1. The van der Waals surface area contributed by atoms with Gasteiger partial charge in [0.25, 0.3) is 12.3 Å². The van der Waals surface area contributed by atoms with Gasteiger partial charge in [-0.25, -0.2) is 13.8 Å². The minimum Gasteiger partial charge on any atom is -0.484 e. The number of imidazole rings is 1. The van der Waals surface area contributed by atoms with Gasteiger partial charge in [0.1, 0.15) is 22.6 Å². The van der Waals surface area contributed by atoms with Crippen LogP contribution < -0.4 is 10.1 Å². The Bertz CT molecular complexity index is 1380. The van der Waals surface area contributed by atoms with Crippen LogP contribution in [0.4, 0.5) is 14.7 Å². The number of carbonyl (C=O) groups excluding carboxylic acids is 2. The number of carbonyl (C=O) groups is 2. The topological polar surface area (TPSA) is 98.6 Å². The summed E-state index contributed by atoms with van der Waals surface area (Å²) in [6.45, 7) is 5.45. The van der Waals surface area contributed by atoms with Crippen LogP contribution in [0.1, 0.15) is 47.8 Å². The van der Waals surface area contributed by atoms with Crippen LogP contribution in [0, 0.1) is 0 Å². The van der Waals surface area contributed by atoms with Crippen LogP contribution >= 0.6 is 11.6 Å². The molecule has 1 atom stereocenters. The molecule has 0 radical (unpaired) electrons. The molecular formula is C26H26ClF2N5O4. The number of fused-ring (bicyclic) bond motifs is 1. The van der Waals surface area contributed by atoms with E-state index >= 15 is 0 Å². The number of hydrogen-bond donors (Lipinski definition) is 1. The monoisotopic (exact) mass is 545 g/mol. The Morgan fingerprint density at radius 3 is 2.79 bits per heavy atom. The molecule has 0 aliphatic carbocycles. The Hall–Kier alpha value is -3.57. The molecule has 0 unspecified atom stereocenters. The van der Waals surface area contributed by atoms with E-state index in [1.54, 1.807) is 17.0 Å². The van der Waals surface area contributed by atoms with Crippen molar-refractivity contribution in [2.75, 3.05) is 31.6 Å². The number of ether oxygens (including phenoxy) is 2. The average Bonchev–Trinajstić information content (AvgIpc) is 3.08. The molecule has 200 valence electrons. The molecule has 12 heteroatoms. The Labute approximate surface area is 222 Å². The summed E-state index contributed by atoms with van der Waals surface area (Å²) in [5.41, 5.74) is 0.564. The number of anilines is 1. The van der Waals surface area contributed by atoms with E-state index in [2.05, 4.69) is 21.9 Å². The van der Waals surface area contributed by atoms with Crippen molar-refractivity contribution in [3.05, 3.63) is 59.4 Å². The Kier molecular flexibility index (Phi) is 7.57. The van der Waals surface area contributed by atoms with Gasteiger partial charge in [0.2, 0.25) is 11.9 Å². The molecule has 2 fully saturated rings. The molecule has 2 aromatic heterocycles. The maximum Gasteiger partial charge on any atom is 0.280 e. The first-order chi connectivity index (χ1) is 18.4. The number of alkyl halides is 2. The predicted octanol–water partition coefficient (Wildman–Crippen LogP) is 4.79. The SMILES string of the molecule is C=CC(=O)N1CCCC[C@@H](n2c(NC(=O)c3ccnc(C(F)F)c3)nc3ccc(OC4COC4)c(Cl)c32)C1. The molecule has 2 saturated heterocycles. The zero-order valence-electron chi connectivity index (χ0n) is 20.4. The van der Waals surface area contributed by atoms with Crippen LogP contribution in [0.25, 0.3) is 11.0 Å². The summed E-state index contributed by atoms with van der Waals surface area (Å²) in [6.07, 6.45) is 1.84. The molecule has 1 aromatic carbocycles. The van der Waals surface area contributed by atoms with Gasteiger partial charge in [0.15, 0.2) is 0 Å². The van der Waals surface area contributed by atoms with Crippen molar-refractivity contribution in [1.82, 2.24) is 19.4 Å². The molecule has 5 rings (SSSR count). The van der Waals surface area contributed by atoms with Crippen molar-refractivity contribution in [3.8, 4) is 5.75 Å². The Balaban J connectivity index is 1.57. The highest BCUT2D eigenvalue weighted by molar-refractivity contribution is 6.36. The van der Waals surface area contributed by atoms with Gasteiger partial charge in [-0.15, -0.1) is 0 Å². The van der Waals surface area contributed by atoms with Crippen molar-refractivity contribution < 1.29 is 27.8 Å². The van der Waals surface area contributed by atoms with Crippen LogP contribution in [0.5, 0.6) is 5.75 Å². The first-order valence-electron chi connectivity index (χ1n) is 12.3. The van der Waals surface area contributed by atoms with Crippen LogP contribution in [0.3, 0.4) is 0 Å². The average molecular weight is 546 g/mol. The van der Waals surface area contributed by atoms with E-state index in [0.29, 0.717) is 54.5 Å². The molecule has 3 aromatic rings. The number of likely N-dealkylation sites (tertiary alicyclic amines) is 1. The maximum absolute atomic E-state index is 13.2. The predicted molar refractivity (Wildman–Crippen MR) is 137 cm³/mol. The van der Waals surface area contributed by atoms with Gasteiger partial charge in [-0.3, -0.25) is 19.9 Å². The van der Waals surface area contributed by atoms with Gasteiger partial charge in [0, 0.05) is 24.8 Å². The van der Waals surface area contributed by atoms with Gasteiger partial charge >= 0.3 is 0 Å². The quantitative estimate of drug-likeness (QED) is 0.429. The first kappa shape index (κ1) is 26.1. The summed E-state index contributed by atoms with van der Waals surface area (Å²) < 4.78 is 39.3. The fourth-order valence-corrected chi connectivity index (χ4v) is 4.96. The number of nitrogens with zero attached hydrogens (tertiary/aromatic N) is 4. The Morgan fingerprint density at radius 1 is 1.26 bits per heavy atom. The van der Waals surface area contributed by atoms with Gasteiger partial charge < -0.3 is 18.9 Å². The molecule has 4 heterocycles. The highest BCUT2D eigenvalue weighted by atomic mass is 35.5. The highest BCUT2D eigenvalue weighted by Crippen LogP contribution is 2.39. The molecule has 9 nitrogen and oxygen atoms in total. The highest BCUT2D eigenvalue weighted by Gasteiger charge is 2.29. The fraction of sp³-hybridized carbons (Fsp3) is 0.385. The third kappa shape index (κ3) is 5.21. The molecule has 0 saturated carbocycles. The number of aromatic nitrogens is 3. The van der Waals surface area contributed by atoms with E-state index in [1.165, 1.54) is 12.1 Å². The molecule has 0 bridgehead atoms. The van der Waals surface area contributed by atoms with Crippen molar-refractivity contribution in [2.45, 2.75) is 37.8 Å². The number of nitrogens with one attached hydrogen (secondary N) is 1. The molecule has 2 amide bonds. The Morgan fingerprint density at radius 2 is 2.08 bits per heavy atom. The lowest BCUT2D eigenvalue weighted by Gasteiger charge is -2.28. The number of halogens is 3. The second-order valence-corrected chi connectivity index (χ2v) is 9.57. The third-order valence-electron chi connectivity index (χ3n) is 6.65. The number of pyridine rings is 1. The second kappa shape index (κ2) is 11.0. The van der Waals surface area contributed by atoms with Crippen LogP contribution in [-0.4, -0.2) is 63.7 Å². The van der Waals surface area contributed by atoms with Crippen molar-refractivity contribution in [2.24, 2.45) is 0 Å². The van der Waals surface area contributed by atoms with Crippen molar-refractivity contribution >= 4 is 40.4 Å². The summed E-state index contributed by atoms with van der Waals surface area (Å²) >= 11 is 6.85. The smallest absolute Gasteiger partial charge is 0.280 e. The molecule has 2 aliphatic rings. The summed E-state index contributed by atoms with van der Waals surface area (Å²) in [5, 5.41) is 3.08. The number of hydrogen-bond acceptors (Lipinski definition) is 6.